The molecule has 0 spiro atoms. The predicted molar refractivity (Wildman–Crippen MR) is 60.4 cm³/mol. The van der Waals surface area contributed by atoms with Crippen LogP contribution in [0.5, 0.6) is 0 Å². The van der Waals surface area contributed by atoms with Crippen molar-refractivity contribution < 1.29 is 14.7 Å². The van der Waals surface area contributed by atoms with Gasteiger partial charge >= 0.3 is 0 Å². The Bertz CT molecular complexity index is 457. The summed E-state index contributed by atoms with van der Waals surface area (Å²) in [4.78, 5) is 22.2. The van der Waals surface area contributed by atoms with E-state index in [1.54, 1.807) is 24.3 Å². The normalized spacial score (nSPS) is 23.5. The molecule has 1 fully saturated rings. The smallest absolute Gasteiger partial charge is 0.221 e. The molecule has 17 heavy (non-hydrogen) atoms. The number of hydrogen-bond donors (Lipinski definition) is 1. The van der Waals surface area contributed by atoms with E-state index in [2.05, 4.69) is 5.32 Å². The fourth-order valence-electron chi connectivity index (χ4n) is 2.21. The highest BCUT2D eigenvalue weighted by atomic mass is 35.5. The third kappa shape index (κ3) is 2.42. The zero-order chi connectivity index (χ0) is 12.5. The third-order valence-electron chi connectivity index (χ3n) is 3.06. The molecular weight excluding hydrogens is 242 g/mol. The third-order valence-corrected chi connectivity index (χ3v) is 3.31. The number of rotatable bonds is 3. The summed E-state index contributed by atoms with van der Waals surface area (Å²) < 4.78 is 0. The van der Waals surface area contributed by atoms with E-state index in [-0.39, 0.29) is 18.7 Å². The van der Waals surface area contributed by atoms with Crippen molar-refractivity contribution in [3.8, 4) is 0 Å². The molecule has 1 amide bonds. The van der Waals surface area contributed by atoms with E-state index in [0.717, 1.165) is 5.56 Å². The van der Waals surface area contributed by atoms with Crippen molar-refractivity contribution in [2.75, 3.05) is 6.54 Å². The highest BCUT2D eigenvalue weighted by Gasteiger charge is 2.39. The molecule has 1 aliphatic heterocycles. The summed E-state index contributed by atoms with van der Waals surface area (Å²) >= 11 is 5.79. The molecule has 2 rings (SSSR count). The van der Waals surface area contributed by atoms with Gasteiger partial charge in [0, 0.05) is 29.4 Å². The standard InChI is InChI=1S/C12H12ClNO3/c13-9-3-1-8(2-4-9)12(6-11(16)17)5-10(15)14-7-12/h1-4H,5-7H2,(H,14,15)(H,16,17)/p-1. The number of carbonyl (C=O) groups excluding carboxylic acids is 2. The Kier molecular flexibility index (Phi) is 3.07. The SMILES string of the molecule is O=C([O-])CC1(c2ccc(Cl)cc2)CNC(=O)C1. The van der Waals surface area contributed by atoms with Crippen LogP contribution in [-0.2, 0) is 15.0 Å². The molecule has 1 N–H and O–H groups in total. The van der Waals surface area contributed by atoms with Crippen molar-refractivity contribution in [3.63, 3.8) is 0 Å². The van der Waals surface area contributed by atoms with Crippen molar-refractivity contribution >= 4 is 23.5 Å². The quantitative estimate of drug-likeness (QED) is 0.838. The second-order valence-corrected chi connectivity index (χ2v) is 4.73. The first-order valence-corrected chi connectivity index (χ1v) is 5.62. The number of carbonyl (C=O) groups is 2. The number of benzene rings is 1. The van der Waals surface area contributed by atoms with Crippen LogP contribution in [0.25, 0.3) is 0 Å². The van der Waals surface area contributed by atoms with E-state index < -0.39 is 11.4 Å². The second-order valence-electron chi connectivity index (χ2n) is 4.29. The topological polar surface area (TPSA) is 69.2 Å². The van der Waals surface area contributed by atoms with Gasteiger partial charge in [-0.05, 0) is 24.1 Å². The van der Waals surface area contributed by atoms with Gasteiger partial charge < -0.3 is 15.2 Å². The molecule has 1 aliphatic rings. The Balaban J connectivity index is 2.36. The monoisotopic (exact) mass is 252 g/mol. The van der Waals surface area contributed by atoms with Crippen LogP contribution < -0.4 is 10.4 Å². The minimum Gasteiger partial charge on any atom is -0.550 e. The number of carboxylic acids is 1. The van der Waals surface area contributed by atoms with Gasteiger partial charge in [-0.1, -0.05) is 23.7 Å². The molecule has 5 heteroatoms. The Morgan fingerprint density at radius 1 is 1.41 bits per heavy atom. The van der Waals surface area contributed by atoms with E-state index in [1.165, 1.54) is 0 Å². The number of carboxylic acid groups (broad SMARTS) is 1. The van der Waals surface area contributed by atoms with E-state index in [4.69, 9.17) is 11.6 Å². The molecule has 1 atom stereocenters. The van der Waals surface area contributed by atoms with Gasteiger partial charge in [0.25, 0.3) is 0 Å². The minimum atomic E-state index is -1.16. The number of amides is 1. The van der Waals surface area contributed by atoms with Crippen LogP contribution in [0.2, 0.25) is 5.02 Å². The van der Waals surface area contributed by atoms with Gasteiger partial charge in [0.2, 0.25) is 5.91 Å². The lowest BCUT2D eigenvalue weighted by molar-refractivity contribution is -0.307. The van der Waals surface area contributed by atoms with Crippen LogP contribution in [0.3, 0.4) is 0 Å². The van der Waals surface area contributed by atoms with Gasteiger partial charge in [-0.3, -0.25) is 4.79 Å². The van der Waals surface area contributed by atoms with Crippen LogP contribution >= 0.6 is 11.6 Å². The Hall–Kier alpha value is -1.55. The first kappa shape index (κ1) is 11.9. The highest BCUT2D eigenvalue weighted by molar-refractivity contribution is 6.30. The van der Waals surface area contributed by atoms with Crippen LogP contribution in [0.4, 0.5) is 0 Å². The molecule has 4 nitrogen and oxygen atoms in total. The number of nitrogens with one attached hydrogen (secondary N) is 1. The summed E-state index contributed by atoms with van der Waals surface area (Å²) in [5.74, 6) is -1.29. The molecule has 1 unspecified atom stereocenters. The molecule has 0 aliphatic carbocycles. The molecule has 1 saturated heterocycles. The average molecular weight is 253 g/mol. The summed E-state index contributed by atoms with van der Waals surface area (Å²) in [5.41, 5.74) is 0.0880. The predicted octanol–water partition coefficient (Wildman–Crippen LogP) is 0.238. The fraction of sp³-hybridized carbons (Fsp3) is 0.333. The van der Waals surface area contributed by atoms with Gasteiger partial charge in [0.05, 0.1) is 0 Å². The lowest BCUT2D eigenvalue weighted by Crippen LogP contribution is -2.37. The maximum atomic E-state index is 11.3. The van der Waals surface area contributed by atoms with Crippen molar-refractivity contribution in [1.82, 2.24) is 5.32 Å². The lowest BCUT2D eigenvalue weighted by atomic mass is 9.77. The molecule has 0 bridgehead atoms. The largest absolute Gasteiger partial charge is 0.550 e. The molecule has 0 saturated carbocycles. The van der Waals surface area contributed by atoms with E-state index in [0.29, 0.717) is 11.6 Å². The summed E-state index contributed by atoms with van der Waals surface area (Å²) in [5, 5.41) is 14.1. The second kappa shape index (κ2) is 4.37. The van der Waals surface area contributed by atoms with Crippen LogP contribution in [-0.4, -0.2) is 18.4 Å². The summed E-state index contributed by atoms with van der Waals surface area (Å²) in [6.45, 7) is 0.321. The van der Waals surface area contributed by atoms with Gasteiger partial charge in [-0.2, -0.15) is 0 Å². The molecule has 1 heterocycles. The van der Waals surface area contributed by atoms with Gasteiger partial charge in [-0.25, -0.2) is 0 Å². The number of halogens is 1. The maximum absolute atomic E-state index is 11.3. The first-order chi connectivity index (χ1) is 8.02. The van der Waals surface area contributed by atoms with Crippen LogP contribution in [0.15, 0.2) is 24.3 Å². The van der Waals surface area contributed by atoms with Crippen molar-refractivity contribution in [1.29, 1.82) is 0 Å². The zero-order valence-electron chi connectivity index (χ0n) is 9.03. The van der Waals surface area contributed by atoms with Gasteiger partial charge in [-0.15, -0.1) is 0 Å². The highest BCUT2D eigenvalue weighted by Crippen LogP contribution is 2.35. The number of hydrogen-bond acceptors (Lipinski definition) is 3. The first-order valence-electron chi connectivity index (χ1n) is 5.24. The molecule has 0 aromatic heterocycles. The molecule has 1 aromatic carbocycles. The summed E-state index contributed by atoms with van der Waals surface area (Å²) in [7, 11) is 0. The van der Waals surface area contributed by atoms with Crippen LogP contribution in [0.1, 0.15) is 18.4 Å². The van der Waals surface area contributed by atoms with Gasteiger partial charge in [0.15, 0.2) is 0 Å². The van der Waals surface area contributed by atoms with Gasteiger partial charge in [0.1, 0.15) is 0 Å². The molecule has 90 valence electrons. The van der Waals surface area contributed by atoms with Crippen molar-refractivity contribution in [2.24, 2.45) is 0 Å². The Labute approximate surface area is 104 Å². The molecular formula is C12H11ClNO3-. The molecule has 0 radical (unpaired) electrons. The zero-order valence-corrected chi connectivity index (χ0v) is 9.79. The fourth-order valence-corrected chi connectivity index (χ4v) is 2.34. The van der Waals surface area contributed by atoms with Crippen molar-refractivity contribution in [3.05, 3.63) is 34.9 Å². The Morgan fingerprint density at radius 2 is 2.06 bits per heavy atom. The van der Waals surface area contributed by atoms with E-state index >= 15 is 0 Å². The van der Waals surface area contributed by atoms with Crippen molar-refractivity contribution in [2.45, 2.75) is 18.3 Å². The van der Waals surface area contributed by atoms with E-state index in [1.807, 2.05) is 0 Å². The molecule has 1 aromatic rings. The lowest BCUT2D eigenvalue weighted by Gasteiger charge is -2.28. The van der Waals surface area contributed by atoms with E-state index in [9.17, 15) is 14.7 Å². The Morgan fingerprint density at radius 3 is 2.53 bits per heavy atom. The van der Waals surface area contributed by atoms with Crippen LogP contribution in [0, 0.1) is 0 Å². The average Bonchev–Trinajstić information content (AvgIpc) is 2.61. The maximum Gasteiger partial charge on any atom is 0.221 e. The summed E-state index contributed by atoms with van der Waals surface area (Å²) in [6.07, 6.45) is -0.00398. The minimum absolute atomic E-state index is 0.138. The summed E-state index contributed by atoms with van der Waals surface area (Å²) in [6, 6.07) is 6.89. The number of aliphatic carboxylic acids is 1.